The molecule has 1 heterocycles. The molecule has 1 N–H and O–H groups in total. The van der Waals surface area contributed by atoms with Gasteiger partial charge < -0.3 is 5.32 Å². The Balaban J connectivity index is 2.75. The Labute approximate surface area is 108 Å². The van der Waals surface area contributed by atoms with Gasteiger partial charge in [0.05, 0.1) is 4.92 Å². The first-order chi connectivity index (χ1) is 8.47. The van der Waals surface area contributed by atoms with Gasteiger partial charge in [0.1, 0.15) is 5.69 Å². The van der Waals surface area contributed by atoms with Gasteiger partial charge in [-0.1, -0.05) is 20.8 Å². The smallest absolute Gasteiger partial charge is 0.333 e. The van der Waals surface area contributed by atoms with Gasteiger partial charge in [-0.15, -0.1) is 0 Å². The SMILES string of the molecule is CCc1nn(C)c(NCCCC(C)C)c1[N+](=O)[O-]. The molecule has 0 aromatic carbocycles. The number of hydrogen-bond donors (Lipinski definition) is 1. The number of rotatable bonds is 7. The van der Waals surface area contributed by atoms with Crippen molar-refractivity contribution in [1.29, 1.82) is 0 Å². The van der Waals surface area contributed by atoms with Gasteiger partial charge in [-0.25, -0.2) is 4.68 Å². The Kier molecular flexibility index (Phi) is 5.12. The summed E-state index contributed by atoms with van der Waals surface area (Å²) in [6.07, 6.45) is 2.68. The van der Waals surface area contributed by atoms with Crippen LogP contribution in [0.3, 0.4) is 0 Å². The van der Waals surface area contributed by atoms with E-state index in [-0.39, 0.29) is 10.6 Å². The summed E-state index contributed by atoms with van der Waals surface area (Å²) < 4.78 is 1.56. The molecule has 0 radical (unpaired) electrons. The van der Waals surface area contributed by atoms with Crippen molar-refractivity contribution in [1.82, 2.24) is 9.78 Å². The zero-order valence-electron chi connectivity index (χ0n) is 11.6. The molecule has 0 saturated heterocycles. The molecule has 0 fully saturated rings. The number of anilines is 1. The van der Waals surface area contributed by atoms with Gasteiger partial charge in [0.25, 0.3) is 0 Å². The van der Waals surface area contributed by atoms with Gasteiger partial charge >= 0.3 is 5.69 Å². The van der Waals surface area contributed by atoms with Crippen molar-refractivity contribution in [2.75, 3.05) is 11.9 Å². The average Bonchev–Trinajstić information content (AvgIpc) is 2.61. The highest BCUT2D eigenvalue weighted by Gasteiger charge is 2.24. The van der Waals surface area contributed by atoms with Crippen LogP contribution >= 0.6 is 0 Å². The Morgan fingerprint density at radius 2 is 2.17 bits per heavy atom. The highest BCUT2D eigenvalue weighted by atomic mass is 16.6. The minimum Gasteiger partial charge on any atom is -0.365 e. The standard InChI is InChI=1S/C12H22N4O2/c1-5-10-11(16(17)18)12(15(4)14-10)13-8-6-7-9(2)3/h9,13H,5-8H2,1-4H3. The number of nitrogens with one attached hydrogen (secondary N) is 1. The minimum absolute atomic E-state index is 0.115. The second kappa shape index (κ2) is 6.37. The van der Waals surface area contributed by atoms with E-state index in [9.17, 15) is 10.1 Å². The zero-order chi connectivity index (χ0) is 13.7. The van der Waals surface area contributed by atoms with Crippen LogP contribution in [0.4, 0.5) is 11.5 Å². The monoisotopic (exact) mass is 254 g/mol. The fourth-order valence-electron chi connectivity index (χ4n) is 1.91. The molecule has 0 spiro atoms. The van der Waals surface area contributed by atoms with Crippen LogP contribution in [-0.4, -0.2) is 21.2 Å². The molecule has 6 heteroatoms. The molecule has 102 valence electrons. The largest absolute Gasteiger partial charge is 0.365 e. The van der Waals surface area contributed by atoms with Crippen LogP contribution in [0.15, 0.2) is 0 Å². The van der Waals surface area contributed by atoms with Crippen molar-refractivity contribution in [2.24, 2.45) is 13.0 Å². The van der Waals surface area contributed by atoms with E-state index in [2.05, 4.69) is 24.3 Å². The third-order valence-corrected chi connectivity index (χ3v) is 2.86. The average molecular weight is 254 g/mol. The molecular weight excluding hydrogens is 232 g/mol. The van der Waals surface area contributed by atoms with Crippen molar-refractivity contribution in [3.8, 4) is 0 Å². The molecule has 0 saturated carbocycles. The molecule has 0 atom stereocenters. The van der Waals surface area contributed by atoms with Gasteiger partial charge in [-0.05, 0) is 25.2 Å². The van der Waals surface area contributed by atoms with Crippen molar-refractivity contribution in [2.45, 2.75) is 40.0 Å². The Morgan fingerprint density at radius 1 is 1.50 bits per heavy atom. The third-order valence-electron chi connectivity index (χ3n) is 2.86. The van der Waals surface area contributed by atoms with Gasteiger partial charge in [0.2, 0.25) is 5.82 Å². The fourth-order valence-corrected chi connectivity index (χ4v) is 1.91. The molecule has 6 nitrogen and oxygen atoms in total. The van der Waals surface area contributed by atoms with Crippen LogP contribution in [0.5, 0.6) is 0 Å². The molecule has 0 unspecified atom stereocenters. The molecule has 0 bridgehead atoms. The summed E-state index contributed by atoms with van der Waals surface area (Å²) in [5.74, 6) is 1.17. The molecule has 0 aliphatic rings. The maximum absolute atomic E-state index is 11.1. The Morgan fingerprint density at radius 3 is 2.67 bits per heavy atom. The number of hydrogen-bond acceptors (Lipinski definition) is 4. The topological polar surface area (TPSA) is 73.0 Å². The van der Waals surface area contributed by atoms with E-state index in [1.165, 1.54) is 0 Å². The summed E-state index contributed by atoms with van der Waals surface area (Å²) in [5, 5.41) is 18.4. The van der Waals surface area contributed by atoms with E-state index >= 15 is 0 Å². The highest BCUT2D eigenvalue weighted by Crippen LogP contribution is 2.28. The second-order valence-corrected chi connectivity index (χ2v) is 4.84. The number of aromatic nitrogens is 2. The summed E-state index contributed by atoms with van der Waals surface area (Å²) in [6, 6.07) is 0. The van der Waals surface area contributed by atoms with Crippen molar-refractivity contribution < 1.29 is 4.92 Å². The lowest BCUT2D eigenvalue weighted by Crippen LogP contribution is -2.08. The molecule has 18 heavy (non-hydrogen) atoms. The van der Waals surface area contributed by atoms with Crippen LogP contribution in [-0.2, 0) is 13.5 Å². The third kappa shape index (κ3) is 3.45. The van der Waals surface area contributed by atoms with Gasteiger partial charge in [-0.3, -0.25) is 10.1 Å². The van der Waals surface area contributed by atoms with E-state index in [4.69, 9.17) is 0 Å². The molecule has 1 rings (SSSR count). The number of nitrogens with zero attached hydrogens (tertiary/aromatic N) is 3. The molecule has 0 amide bonds. The van der Waals surface area contributed by atoms with Crippen molar-refractivity contribution in [3.63, 3.8) is 0 Å². The van der Waals surface area contributed by atoms with Crippen LogP contribution < -0.4 is 5.32 Å². The van der Waals surface area contributed by atoms with Gasteiger partial charge in [0.15, 0.2) is 0 Å². The first-order valence-electron chi connectivity index (χ1n) is 6.41. The minimum atomic E-state index is -0.351. The highest BCUT2D eigenvalue weighted by molar-refractivity contribution is 5.59. The van der Waals surface area contributed by atoms with Crippen LogP contribution in [0.1, 0.15) is 39.3 Å². The lowest BCUT2D eigenvalue weighted by atomic mass is 10.1. The van der Waals surface area contributed by atoms with Gasteiger partial charge in [0, 0.05) is 13.6 Å². The van der Waals surface area contributed by atoms with Gasteiger partial charge in [-0.2, -0.15) is 5.10 Å². The van der Waals surface area contributed by atoms with Crippen LogP contribution in [0.2, 0.25) is 0 Å². The Hall–Kier alpha value is -1.59. The fraction of sp³-hybridized carbons (Fsp3) is 0.750. The summed E-state index contributed by atoms with van der Waals surface area (Å²) in [7, 11) is 1.73. The predicted octanol–water partition coefficient (Wildman–Crippen LogP) is 2.74. The first kappa shape index (κ1) is 14.5. The zero-order valence-corrected chi connectivity index (χ0v) is 11.6. The van der Waals surface area contributed by atoms with Crippen LogP contribution in [0.25, 0.3) is 0 Å². The molecule has 1 aromatic heterocycles. The lowest BCUT2D eigenvalue weighted by Gasteiger charge is -2.07. The number of aryl methyl sites for hydroxylation is 2. The maximum atomic E-state index is 11.1. The molecule has 0 aliphatic heterocycles. The summed E-state index contributed by atoms with van der Waals surface area (Å²) in [4.78, 5) is 10.7. The quantitative estimate of drug-likeness (QED) is 0.461. The summed E-state index contributed by atoms with van der Waals surface area (Å²) in [6.45, 7) is 6.95. The molecule has 1 aromatic rings. The second-order valence-electron chi connectivity index (χ2n) is 4.84. The first-order valence-corrected chi connectivity index (χ1v) is 6.41. The van der Waals surface area contributed by atoms with E-state index in [1.807, 2.05) is 6.92 Å². The van der Waals surface area contributed by atoms with E-state index in [1.54, 1.807) is 11.7 Å². The summed E-state index contributed by atoms with van der Waals surface area (Å²) in [5.41, 5.74) is 0.651. The van der Waals surface area contributed by atoms with E-state index in [0.29, 0.717) is 23.9 Å². The van der Waals surface area contributed by atoms with Crippen molar-refractivity contribution in [3.05, 3.63) is 15.8 Å². The summed E-state index contributed by atoms with van der Waals surface area (Å²) >= 11 is 0. The molecule has 0 aliphatic carbocycles. The van der Waals surface area contributed by atoms with E-state index < -0.39 is 0 Å². The van der Waals surface area contributed by atoms with E-state index in [0.717, 1.165) is 19.4 Å². The van der Waals surface area contributed by atoms with Crippen molar-refractivity contribution >= 4 is 11.5 Å². The lowest BCUT2D eigenvalue weighted by molar-refractivity contribution is -0.384. The maximum Gasteiger partial charge on any atom is 0.333 e. The van der Waals surface area contributed by atoms with Crippen LogP contribution in [0, 0.1) is 16.0 Å². The molecular formula is C12H22N4O2. The Bertz CT molecular complexity index is 412. The normalized spacial score (nSPS) is 10.9. The predicted molar refractivity (Wildman–Crippen MR) is 71.8 cm³/mol. The number of nitro groups is 1.